The van der Waals surface area contributed by atoms with Gasteiger partial charge in [-0.15, -0.1) is 0 Å². The van der Waals surface area contributed by atoms with Crippen LogP contribution in [0.15, 0.2) is 30.5 Å². The average Bonchev–Trinajstić information content (AvgIpc) is 2.71. The molecule has 4 nitrogen and oxygen atoms in total. The van der Waals surface area contributed by atoms with Gasteiger partial charge in [-0.05, 0) is 25.0 Å². The first-order chi connectivity index (χ1) is 8.63. The summed E-state index contributed by atoms with van der Waals surface area (Å²) in [5, 5.41) is 4.23. The molecular formula is C14H19N3O. The largest absolute Gasteiger partial charge is 0.496 e. The first kappa shape index (κ1) is 12.6. The molecule has 96 valence electrons. The lowest BCUT2D eigenvalue weighted by Crippen LogP contribution is -2.14. The summed E-state index contributed by atoms with van der Waals surface area (Å²) in [5.41, 5.74) is 9.57. The molecule has 0 radical (unpaired) electrons. The summed E-state index contributed by atoms with van der Waals surface area (Å²) >= 11 is 0. The number of hydrogen-bond acceptors (Lipinski definition) is 3. The third-order valence-corrected chi connectivity index (χ3v) is 3.31. The summed E-state index contributed by atoms with van der Waals surface area (Å²) in [5.74, 6) is 0.884. The zero-order valence-corrected chi connectivity index (χ0v) is 11.1. The Morgan fingerprint density at radius 2 is 2.11 bits per heavy atom. The van der Waals surface area contributed by atoms with Crippen LogP contribution in [-0.2, 0) is 13.5 Å². The fraction of sp³-hybridized carbons (Fsp3) is 0.357. The molecule has 0 aliphatic heterocycles. The van der Waals surface area contributed by atoms with E-state index in [0.717, 1.165) is 29.0 Å². The Balaban J connectivity index is 2.21. The maximum atomic E-state index is 6.26. The second-order valence-corrected chi connectivity index (χ2v) is 4.43. The van der Waals surface area contributed by atoms with Crippen LogP contribution < -0.4 is 10.5 Å². The van der Waals surface area contributed by atoms with E-state index in [1.807, 2.05) is 49.1 Å². The summed E-state index contributed by atoms with van der Waals surface area (Å²) in [4.78, 5) is 0. The van der Waals surface area contributed by atoms with Gasteiger partial charge in [0.2, 0.25) is 0 Å². The molecule has 0 aliphatic carbocycles. The van der Waals surface area contributed by atoms with Gasteiger partial charge in [-0.2, -0.15) is 5.10 Å². The standard InChI is InChI=1S/C14H19N3O/c1-10-12(9-16-17(10)2)13(15)8-11-6-4-5-7-14(11)18-3/h4-7,9,13H,8,15H2,1-3H3. The Hall–Kier alpha value is -1.81. The molecule has 2 aromatic rings. The zero-order chi connectivity index (χ0) is 13.1. The van der Waals surface area contributed by atoms with Gasteiger partial charge in [0.15, 0.2) is 0 Å². The van der Waals surface area contributed by atoms with Crippen LogP contribution in [0.25, 0.3) is 0 Å². The maximum Gasteiger partial charge on any atom is 0.122 e. The van der Waals surface area contributed by atoms with E-state index >= 15 is 0 Å². The minimum Gasteiger partial charge on any atom is -0.496 e. The van der Waals surface area contributed by atoms with Crippen molar-refractivity contribution in [3.63, 3.8) is 0 Å². The number of ether oxygens (including phenoxy) is 1. The molecule has 2 N–H and O–H groups in total. The predicted molar refractivity (Wildman–Crippen MR) is 71.6 cm³/mol. The first-order valence-corrected chi connectivity index (χ1v) is 5.99. The first-order valence-electron chi connectivity index (χ1n) is 5.99. The second kappa shape index (κ2) is 5.23. The average molecular weight is 245 g/mol. The molecule has 0 saturated carbocycles. The summed E-state index contributed by atoms with van der Waals surface area (Å²) in [7, 11) is 3.61. The van der Waals surface area contributed by atoms with Gasteiger partial charge >= 0.3 is 0 Å². The summed E-state index contributed by atoms with van der Waals surface area (Å²) in [6.07, 6.45) is 2.59. The molecule has 2 rings (SSSR count). The molecule has 1 aromatic heterocycles. The Bertz CT molecular complexity index is 534. The Morgan fingerprint density at radius 3 is 2.72 bits per heavy atom. The number of rotatable bonds is 4. The highest BCUT2D eigenvalue weighted by Gasteiger charge is 2.14. The smallest absolute Gasteiger partial charge is 0.122 e. The Kier molecular flexibility index (Phi) is 3.67. The maximum absolute atomic E-state index is 6.26. The van der Waals surface area contributed by atoms with Gasteiger partial charge < -0.3 is 10.5 Å². The normalized spacial score (nSPS) is 12.4. The van der Waals surface area contributed by atoms with Gasteiger partial charge in [0.05, 0.1) is 13.3 Å². The van der Waals surface area contributed by atoms with Crippen LogP contribution in [0.2, 0.25) is 0 Å². The van der Waals surface area contributed by atoms with E-state index in [-0.39, 0.29) is 6.04 Å². The summed E-state index contributed by atoms with van der Waals surface area (Å²) in [6.45, 7) is 2.03. The molecule has 18 heavy (non-hydrogen) atoms. The van der Waals surface area contributed by atoms with Gasteiger partial charge in [0.25, 0.3) is 0 Å². The van der Waals surface area contributed by atoms with Crippen LogP contribution in [0.1, 0.15) is 22.9 Å². The SMILES string of the molecule is COc1ccccc1CC(N)c1cnn(C)c1C. The highest BCUT2D eigenvalue weighted by atomic mass is 16.5. The number of methoxy groups -OCH3 is 1. The Labute approximate surface area is 107 Å². The van der Waals surface area contributed by atoms with Crippen LogP contribution in [-0.4, -0.2) is 16.9 Å². The molecule has 1 unspecified atom stereocenters. The summed E-state index contributed by atoms with van der Waals surface area (Å²) < 4.78 is 7.19. The minimum atomic E-state index is -0.0602. The molecule has 0 amide bonds. The number of aromatic nitrogens is 2. The number of para-hydroxylation sites is 1. The quantitative estimate of drug-likeness (QED) is 0.896. The highest BCUT2D eigenvalue weighted by molar-refractivity contribution is 5.35. The number of hydrogen-bond donors (Lipinski definition) is 1. The van der Waals surface area contributed by atoms with E-state index in [4.69, 9.17) is 10.5 Å². The third kappa shape index (κ3) is 2.38. The van der Waals surface area contributed by atoms with Crippen LogP contribution in [0.3, 0.4) is 0 Å². The fourth-order valence-corrected chi connectivity index (χ4v) is 2.10. The lowest BCUT2D eigenvalue weighted by molar-refractivity contribution is 0.408. The van der Waals surface area contributed by atoms with Crippen molar-refractivity contribution in [2.75, 3.05) is 7.11 Å². The van der Waals surface area contributed by atoms with Crippen molar-refractivity contribution >= 4 is 0 Å². The van der Waals surface area contributed by atoms with E-state index in [1.165, 1.54) is 0 Å². The fourth-order valence-electron chi connectivity index (χ4n) is 2.10. The van der Waals surface area contributed by atoms with Gasteiger partial charge in [0, 0.05) is 24.3 Å². The number of aryl methyl sites for hydroxylation is 1. The molecule has 1 atom stereocenters. The van der Waals surface area contributed by atoms with Gasteiger partial charge in [0.1, 0.15) is 5.75 Å². The lowest BCUT2D eigenvalue weighted by atomic mass is 10.00. The zero-order valence-electron chi connectivity index (χ0n) is 11.1. The van der Waals surface area contributed by atoms with Crippen molar-refractivity contribution < 1.29 is 4.74 Å². The topological polar surface area (TPSA) is 53.1 Å². The molecule has 1 heterocycles. The van der Waals surface area contributed by atoms with Crippen molar-refractivity contribution in [2.24, 2.45) is 12.8 Å². The van der Waals surface area contributed by atoms with Gasteiger partial charge in [-0.25, -0.2) is 0 Å². The predicted octanol–water partition coefficient (Wildman–Crippen LogP) is 1.98. The highest BCUT2D eigenvalue weighted by Crippen LogP contribution is 2.24. The Morgan fingerprint density at radius 1 is 1.39 bits per heavy atom. The molecule has 0 saturated heterocycles. The van der Waals surface area contributed by atoms with E-state index in [9.17, 15) is 0 Å². The van der Waals surface area contributed by atoms with Crippen LogP contribution in [0.4, 0.5) is 0 Å². The molecule has 4 heteroatoms. The summed E-state index contributed by atoms with van der Waals surface area (Å²) in [6, 6.07) is 7.90. The molecular weight excluding hydrogens is 226 g/mol. The van der Waals surface area contributed by atoms with Crippen molar-refractivity contribution in [3.8, 4) is 5.75 Å². The lowest BCUT2D eigenvalue weighted by Gasteiger charge is -2.14. The monoisotopic (exact) mass is 245 g/mol. The van der Waals surface area contributed by atoms with E-state index in [2.05, 4.69) is 5.10 Å². The molecule has 0 bridgehead atoms. The number of nitrogens with two attached hydrogens (primary N) is 1. The van der Waals surface area contributed by atoms with Crippen molar-refractivity contribution in [3.05, 3.63) is 47.3 Å². The third-order valence-electron chi connectivity index (χ3n) is 3.31. The van der Waals surface area contributed by atoms with Crippen molar-refractivity contribution in [1.29, 1.82) is 0 Å². The van der Waals surface area contributed by atoms with Crippen molar-refractivity contribution in [1.82, 2.24) is 9.78 Å². The molecule has 0 fully saturated rings. The minimum absolute atomic E-state index is 0.0602. The van der Waals surface area contributed by atoms with Gasteiger partial charge in [-0.1, -0.05) is 18.2 Å². The molecule has 0 spiro atoms. The number of benzene rings is 1. The van der Waals surface area contributed by atoms with Crippen LogP contribution >= 0.6 is 0 Å². The van der Waals surface area contributed by atoms with E-state index in [1.54, 1.807) is 7.11 Å². The van der Waals surface area contributed by atoms with Crippen molar-refractivity contribution in [2.45, 2.75) is 19.4 Å². The van der Waals surface area contributed by atoms with E-state index < -0.39 is 0 Å². The van der Waals surface area contributed by atoms with Crippen LogP contribution in [0.5, 0.6) is 5.75 Å². The van der Waals surface area contributed by atoms with E-state index in [0.29, 0.717) is 0 Å². The number of nitrogens with zero attached hydrogens (tertiary/aromatic N) is 2. The second-order valence-electron chi connectivity index (χ2n) is 4.43. The van der Waals surface area contributed by atoms with Crippen LogP contribution in [0, 0.1) is 6.92 Å². The van der Waals surface area contributed by atoms with Gasteiger partial charge in [-0.3, -0.25) is 4.68 Å². The molecule has 0 aliphatic rings. The molecule has 1 aromatic carbocycles.